The molecule has 1 unspecified atom stereocenters. The van der Waals surface area contributed by atoms with Gasteiger partial charge in [0.15, 0.2) is 0 Å². The molecule has 4 nitrogen and oxygen atoms in total. The third-order valence-corrected chi connectivity index (χ3v) is 3.52. The van der Waals surface area contributed by atoms with Crippen LogP contribution in [0.15, 0.2) is 24.3 Å². The van der Waals surface area contributed by atoms with E-state index < -0.39 is 0 Å². The fourth-order valence-electron chi connectivity index (χ4n) is 2.44. The van der Waals surface area contributed by atoms with Crippen LogP contribution in [-0.2, 0) is 20.7 Å². The Balaban J connectivity index is 2.51. The van der Waals surface area contributed by atoms with Crippen molar-refractivity contribution in [2.24, 2.45) is 11.8 Å². The van der Waals surface area contributed by atoms with Gasteiger partial charge in [0.05, 0.1) is 12.5 Å². The van der Waals surface area contributed by atoms with E-state index in [1.54, 1.807) is 6.92 Å². The van der Waals surface area contributed by atoms with Crippen LogP contribution in [0.4, 0.5) is 5.69 Å². The van der Waals surface area contributed by atoms with Gasteiger partial charge in [0, 0.05) is 18.5 Å². The maximum absolute atomic E-state index is 12.2. The number of carbonyl (C=O) groups is 2. The summed E-state index contributed by atoms with van der Waals surface area (Å²) in [5.74, 6) is -0.106. The van der Waals surface area contributed by atoms with Crippen LogP contribution in [0, 0.1) is 11.8 Å². The highest BCUT2D eigenvalue weighted by atomic mass is 16.5. The molecule has 0 heterocycles. The highest BCUT2D eigenvalue weighted by molar-refractivity contribution is 5.84. The van der Waals surface area contributed by atoms with Gasteiger partial charge in [-0.2, -0.15) is 0 Å². The van der Waals surface area contributed by atoms with Gasteiger partial charge < -0.3 is 10.5 Å². The maximum atomic E-state index is 12.2. The Labute approximate surface area is 133 Å². The van der Waals surface area contributed by atoms with Gasteiger partial charge in [0.25, 0.3) is 0 Å². The fraction of sp³-hybridized carbons (Fsp3) is 0.556. The van der Waals surface area contributed by atoms with Gasteiger partial charge in [0.2, 0.25) is 0 Å². The van der Waals surface area contributed by atoms with E-state index in [4.69, 9.17) is 10.5 Å². The molecule has 0 aliphatic carbocycles. The molecule has 0 amide bonds. The molecule has 1 rings (SSSR count). The van der Waals surface area contributed by atoms with E-state index in [9.17, 15) is 9.59 Å². The Bertz CT molecular complexity index is 480. The first-order valence-electron chi connectivity index (χ1n) is 7.95. The Hall–Kier alpha value is -1.84. The molecule has 0 radical (unpaired) electrons. The van der Waals surface area contributed by atoms with Crippen molar-refractivity contribution in [3.63, 3.8) is 0 Å². The number of hydrogen-bond donors (Lipinski definition) is 1. The van der Waals surface area contributed by atoms with E-state index >= 15 is 0 Å². The van der Waals surface area contributed by atoms with Crippen LogP contribution in [0.25, 0.3) is 0 Å². The zero-order chi connectivity index (χ0) is 16.5. The lowest BCUT2D eigenvalue weighted by Gasteiger charge is -2.16. The van der Waals surface area contributed by atoms with Crippen LogP contribution in [-0.4, -0.2) is 18.4 Å². The molecule has 0 spiro atoms. The minimum atomic E-state index is -0.320. The Kier molecular flexibility index (Phi) is 7.64. The molecule has 1 aromatic rings. The first kappa shape index (κ1) is 18.2. The standard InChI is InChI=1S/C18H27NO3/c1-4-22-18(21)15(11-13(2)3)12-17(20)10-7-14-5-8-16(19)9-6-14/h5-6,8-9,13,15H,4,7,10-12,19H2,1-3H3. The van der Waals surface area contributed by atoms with Gasteiger partial charge in [-0.05, 0) is 43.4 Å². The van der Waals surface area contributed by atoms with E-state index in [-0.39, 0.29) is 24.1 Å². The number of aryl methyl sites for hydroxylation is 1. The van der Waals surface area contributed by atoms with Crippen LogP contribution >= 0.6 is 0 Å². The first-order valence-corrected chi connectivity index (χ1v) is 7.95. The normalized spacial score (nSPS) is 12.2. The summed E-state index contributed by atoms with van der Waals surface area (Å²) in [7, 11) is 0. The van der Waals surface area contributed by atoms with Crippen molar-refractivity contribution in [1.29, 1.82) is 0 Å². The minimum Gasteiger partial charge on any atom is -0.466 e. The van der Waals surface area contributed by atoms with Gasteiger partial charge in [-0.3, -0.25) is 9.59 Å². The average Bonchev–Trinajstić information content (AvgIpc) is 2.46. The van der Waals surface area contributed by atoms with E-state index in [0.29, 0.717) is 31.8 Å². The van der Waals surface area contributed by atoms with Gasteiger partial charge in [0.1, 0.15) is 5.78 Å². The second-order valence-electron chi connectivity index (χ2n) is 6.06. The Morgan fingerprint density at radius 2 is 1.82 bits per heavy atom. The highest BCUT2D eigenvalue weighted by Crippen LogP contribution is 2.19. The summed E-state index contributed by atoms with van der Waals surface area (Å²) in [5, 5.41) is 0. The summed E-state index contributed by atoms with van der Waals surface area (Å²) in [6, 6.07) is 7.53. The van der Waals surface area contributed by atoms with Gasteiger partial charge >= 0.3 is 5.97 Å². The number of carbonyl (C=O) groups excluding carboxylic acids is 2. The smallest absolute Gasteiger partial charge is 0.309 e. The number of nitrogen functional groups attached to an aromatic ring is 1. The summed E-state index contributed by atoms with van der Waals surface area (Å²) in [6.45, 7) is 6.23. The number of nitrogens with two attached hydrogens (primary N) is 1. The third-order valence-electron chi connectivity index (χ3n) is 3.52. The number of Topliss-reactive ketones (excluding diaryl/α,β-unsaturated/α-hetero) is 1. The second-order valence-corrected chi connectivity index (χ2v) is 6.06. The third kappa shape index (κ3) is 6.74. The van der Waals surface area contributed by atoms with Crippen molar-refractivity contribution in [3.05, 3.63) is 29.8 Å². The van der Waals surface area contributed by atoms with Crippen LogP contribution in [0.1, 0.15) is 45.6 Å². The lowest BCUT2D eigenvalue weighted by molar-refractivity contribution is -0.150. The lowest BCUT2D eigenvalue weighted by atomic mass is 9.91. The number of hydrogen-bond acceptors (Lipinski definition) is 4. The molecule has 22 heavy (non-hydrogen) atoms. The van der Waals surface area contributed by atoms with Crippen LogP contribution in [0.3, 0.4) is 0 Å². The van der Waals surface area contributed by atoms with E-state index in [0.717, 1.165) is 11.3 Å². The molecule has 0 aliphatic rings. The first-order chi connectivity index (χ1) is 10.4. The molecular weight excluding hydrogens is 278 g/mol. The number of rotatable bonds is 9. The lowest BCUT2D eigenvalue weighted by Crippen LogP contribution is -2.23. The summed E-state index contributed by atoms with van der Waals surface area (Å²) >= 11 is 0. The second kappa shape index (κ2) is 9.23. The summed E-state index contributed by atoms with van der Waals surface area (Å²) in [4.78, 5) is 24.1. The van der Waals surface area contributed by atoms with Crippen molar-refractivity contribution in [3.8, 4) is 0 Å². The molecule has 2 N–H and O–H groups in total. The number of ketones is 1. The average molecular weight is 305 g/mol. The van der Waals surface area contributed by atoms with Gasteiger partial charge in [-0.1, -0.05) is 26.0 Å². The van der Waals surface area contributed by atoms with E-state index in [1.165, 1.54) is 0 Å². The molecule has 0 fully saturated rings. The highest BCUT2D eigenvalue weighted by Gasteiger charge is 2.23. The van der Waals surface area contributed by atoms with Crippen LogP contribution in [0.5, 0.6) is 0 Å². The molecule has 0 saturated heterocycles. The van der Waals surface area contributed by atoms with E-state index in [1.807, 2.05) is 38.1 Å². The van der Waals surface area contributed by atoms with Crippen LogP contribution in [0.2, 0.25) is 0 Å². The topological polar surface area (TPSA) is 69.4 Å². The SMILES string of the molecule is CCOC(=O)C(CC(=O)CCc1ccc(N)cc1)CC(C)C. The zero-order valence-electron chi connectivity index (χ0n) is 13.8. The van der Waals surface area contributed by atoms with Crippen molar-refractivity contribution >= 4 is 17.4 Å². The van der Waals surface area contributed by atoms with Gasteiger partial charge in [-0.15, -0.1) is 0 Å². The Morgan fingerprint density at radius 1 is 1.18 bits per heavy atom. The minimum absolute atomic E-state index is 0.107. The summed E-state index contributed by atoms with van der Waals surface area (Å²) in [5.41, 5.74) is 7.44. The molecule has 122 valence electrons. The predicted molar refractivity (Wildman–Crippen MR) is 88.4 cm³/mol. The molecule has 1 aromatic carbocycles. The molecule has 0 aliphatic heterocycles. The molecule has 1 atom stereocenters. The van der Waals surface area contributed by atoms with Crippen molar-refractivity contribution in [1.82, 2.24) is 0 Å². The number of ether oxygens (including phenoxy) is 1. The number of esters is 1. The zero-order valence-corrected chi connectivity index (χ0v) is 13.8. The largest absolute Gasteiger partial charge is 0.466 e. The quantitative estimate of drug-likeness (QED) is 0.561. The van der Waals surface area contributed by atoms with Crippen molar-refractivity contribution in [2.75, 3.05) is 12.3 Å². The fourth-order valence-corrected chi connectivity index (χ4v) is 2.44. The summed E-state index contributed by atoms with van der Waals surface area (Å²) < 4.78 is 5.08. The predicted octanol–water partition coefficient (Wildman–Crippen LogP) is 3.39. The monoisotopic (exact) mass is 305 g/mol. The molecule has 0 saturated carbocycles. The van der Waals surface area contributed by atoms with Crippen molar-refractivity contribution < 1.29 is 14.3 Å². The molecule has 0 aromatic heterocycles. The molecule has 0 bridgehead atoms. The summed E-state index contributed by atoms with van der Waals surface area (Å²) in [6.07, 6.45) is 2.08. The number of benzene rings is 1. The maximum Gasteiger partial charge on any atom is 0.309 e. The molecule has 4 heteroatoms. The van der Waals surface area contributed by atoms with Crippen molar-refractivity contribution in [2.45, 2.75) is 46.5 Å². The molecular formula is C18H27NO3. The van der Waals surface area contributed by atoms with E-state index in [2.05, 4.69) is 0 Å². The van der Waals surface area contributed by atoms with Crippen LogP contribution < -0.4 is 5.73 Å². The number of anilines is 1. The Morgan fingerprint density at radius 3 is 2.36 bits per heavy atom. The van der Waals surface area contributed by atoms with Gasteiger partial charge in [-0.25, -0.2) is 0 Å².